The molecule has 1 atom stereocenters. The summed E-state index contributed by atoms with van der Waals surface area (Å²) in [5.41, 5.74) is 0.271. The standard InChI is InChI=1S/C17H37N/c1-6-8-9-10-11-12-14-16(13-7-2)15-18-17(3,4)5/h16,18H,6-15H2,1-5H3. The molecule has 0 aliphatic rings. The Labute approximate surface area is 116 Å². The molecule has 0 radical (unpaired) electrons. The Bertz CT molecular complexity index is 169. The van der Waals surface area contributed by atoms with Gasteiger partial charge in [-0.2, -0.15) is 0 Å². The van der Waals surface area contributed by atoms with Gasteiger partial charge in [0.15, 0.2) is 0 Å². The van der Waals surface area contributed by atoms with Gasteiger partial charge in [-0.1, -0.05) is 58.8 Å². The molecule has 0 aliphatic heterocycles. The van der Waals surface area contributed by atoms with E-state index >= 15 is 0 Å². The summed E-state index contributed by atoms with van der Waals surface area (Å²) in [5, 5.41) is 3.67. The largest absolute Gasteiger partial charge is 0.312 e. The van der Waals surface area contributed by atoms with Crippen LogP contribution in [0, 0.1) is 5.92 Å². The molecule has 1 heteroatoms. The van der Waals surface area contributed by atoms with Crippen LogP contribution in [0.2, 0.25) is 0 Å². The molecular weight excluding hydrogens is 218 g/mol. The Morgan fingerprint density at radius 3 is 1.94 bits per heavy atom. The smallest absolute Gasteiger partial charge is 0.00966 e. The Balaban J connectivity index is 3.63. The van der Waals surface area contributed by atoms with E-state index in [-0.39, 0.29) is 5.54 Å². The number of hydrogen-bond acceptors (Lipinski definition) is 1. The second kappa shape index (κ2) is 10.8. The van der Waals surface area contributed by atoms with Crippen LogP contribution in [0.25, 0.3) is 0 Å². The van der Waals surface area contributed by atoms with Crippen LogP contribution in [0.3, 0.4) is 0 Å². The predicted octanol–water partition coefficient (Wildman–Crippen LogP) is 5.54. The second-order valence-corrected chi connectivity index (χ2v) is 6.84. The molecule has 1 N–H and O–H groups in total. The van der Waals surface area contributed by atoms with E-state index in [4.69, 9.17) is 0 Å². The summed E-state index contributed by atoms with van der Waals surface area (Å²) in [7, 11) is 0. The van der Waals surface area contributed by atoms with Gasteiger partial charge < -0.3 is 5.32 Å². The van der Waals surface area contributed by atoms with Crippen molar-refractivity contribution in [2.24, 2.45) is 5.92 Å². The molecule has 0 aliphatic carbocycles. The molecule has 0 bridgehead atoms. The number of rotatable bonds is 11. The second-order valence-electron chi connectivity index (χ2n) is 6.84. The summed E-state index contributed by atoms with van der Waals surface area (Å²) in [6.45, 7) is 12.6. The number of unbranched alkanes of at least 4 members (excludes halogenated alkanes) is 5. The lowest BCUT2D eigenvalue weighted by Crippen LogP contribution is -2.39. The summed E-state index contributed by atoms with van der Waals surface area (Å²) < 4.78 is 0. The van der Waals surface area contributed by atoms with E-state index in [2.05, 4.69) is 39.9 Å². The first-order chi connectivity index (χ1) is 8.49. The highest BCUT2D eigenvalue weighted by molar-refractivity contribution is 4.73. The molecular formula is C17H37N. The molecule has 0 saturated heterocycles. The van der Waals surface area contributed by atoms with E-state index in [0.717, 1.165) is 5.92 Å². The molecule has 0 fully saturated rings. The van der Waals surface area contributed by atoms with Crippen LogP contribution in [0.5, 0.6) is 0 Å². The van der Waals surface area contributed by atoms with Gasteiger partial charge in [0.2, 0.25) is 0 Å². The highest BCUT2D eigenvalue weighted by Crippen LogP contribution is 2.17. The average molecular weight is 255 g/mol. The highest BCUT2D eigenvalue weighted by Gasteiger charge is 2.13. The SMILES string of the molecule is CCCCCCCCC(CCC)CNC(C)(C)C. The fourth-order valence-electron chi connectivity index (χ4n) is 2.42. The molecule has 0 amide bonds. The number of hydrogen-bond donors (Lipinski definition) is 1. The van der Waals surface area contributed by atoms with Gasteiger partial charge in [-0.15, -0.1) is 0 Å². The third-order valence-corrected chi connectivity index (χ3v) is 3.58. The summed E-state index contributed by atoms with van der Waals surface area (Å²) in [5.74, 6) is 0.889. The molecule has 0 aromatic carbocycles. The minimum atomic E-state index is 0.271. The average Bonchev–Trinajstić information content (AvgIpc) is 2.29. The predicted molar refractivity (Wildman–Crippen MR) is 84.1 cm³/mol. The lowest BCUT2D eigenvalue weighted by molar-refractivity contribution is 0.335. The lowest BCUT2D eigenvalue weighted by Gasteiger charge is -2.25. The van der Waals surface area contributed by atoms with Crippen molar-refractivity contribution in [1.82, 2.24) is 5.32 Å². The van der Waals surface area contributed by atoms with Gasteiger partial charge >= 0.3 is 0 Å². The van der Waals surface area contributed by atoms with Gasteiger partial charge in [0.1, 0.15) is 0 Å². The Morgan fingerprint density at radius 1 is 0.778 bits per heavy atom. The molecule has 0 aromatic heterocycles. The molecule has 1 nitrogen and oxygen atoms in total. The zero-order chi connectivity index (χ0) is 13.9. The summed E-state index contributed by atoms with van der Waals surface area (Å²) in [6, 6.07) is 0. The summed E-state index contributed by atoms with van der Waals surface area (Å²) >= 11 is 0. The fourth-order valence-corrected chi connectivity index (χ4v) is 2.42. The van der Waals surface area contributed by atoms with Gasteiger partial charge in [0.05, 0.1) is 0 Å². The van der Waals surface area contributed by atoms with Crippen molar-refractivity contribution in [2.75, 3.05) is 6.54 Å². The highest BCUT2D eigenvalue weighted by atomic mass is 14.9. The fraction of sp³-hybridized carbons (Fsp3) is 1.00. The quantitative estimate of drug-likeness (QED) is 0.478. The maximum absolute atomic E-state index is 3.67. The Hall–Kier alpha value is -0.0400. The zero-order valence-electron chi connectivity index (χ0n) is 13.6. The van der Waals surface area contributed by atoms with Crippen molar-refractivity contribution in [3.63, 3.8) is 0 Å². The van der Waals surface area contributed by atoms with E-state index in [0.29, 0.717) is 0 Å². The molecule has 0 rings (SSSR count). The van der Waals surface area contributed by atoms with Crippen molar-refractivity contribution < 1.29 is 0 Å². The minimum Gasteiger partial charge on any atom is -0.312 e. The van der Waals surface area contributed by atoms with Gasteiger partial charge in [-0.3, -0.25) is 0 Å². The Kier molecular flexibility index (Phi) is 10.8. The van der Waals surface area contributed by atoms with Crippen LogP contribution in [0.4, 0.5) is 0 Å². The molecule has 18 heavy (non-hydrogen) atoms. The molecule has 110 valence electrons. The van der Waals surface area contributed by atoms with Crippen molar-refractivity contribution in [3.8, 4) is 0 Å². The van der Waals surface area contributed by atoms with Crippen LogP contribution < -0.4 is 5.32 Å². The van der Waals surface area contributed by atoms with Crippen molar-refractivity contribution >= 4 is 0 Å². The van der Waals surface area contributed by atoms with Crippen molar-refractivity contribution in [1.29, 1.82) is 0 Å². The van der Waals surface area contributed by atoms with Crippen molar-refractivity contribution in [2.45, 2.75) is 97.9 Å². The third kappa shape index (κ3) is 12.4. The third-order valence-electron chi connectivity index (χ3n) is 3.58. The molecule has 1 unspecified atom stereocenters. The topological polar surface area (TPSA) is 12.0 Å². The van der Waals surface area contributed by atoms with Gasteiger partial charge in [-0.05, 0) is 46.1 Å². The van der Waals surface area contributed by atoms with E-state index in [1.807, 2.05) is 0 Å². The maximum Gasteiger partial charge on any atom is 0.00966 e. The van der Waals surface area contributed by atoms with E-state index in [1.165, 1.54) is 64.3 Å². The zero-order valence-corrected chi connectivity index (χ0v) is 13.6. The van der Waals surface area contributed by atoms with Gasteiger partial charge in [0, 0.05) is 5.54 Å². The minimum absolute atomic E-state index is 0.271. The van der Waals surface area contributed by atoms with Crippen LogP contribution >= 0.6 is 0 Å². The normalized spacial score (nSPS) is 13.8. The van der Waals surface area contributed by atoms with E-state index in [9.17, 15) is 0 Å². The van der Waals surface area contributed by atoms with E-state index in [1.54, 1.807) is 0 Å². The van der Waals surface area contributed by atoms with Crippen LogP contribution in [0.1, 0.15) is 92.4 Å². The lowest BCUT2D eigenvalue weighted by atomic mass is 9.94. The monoisotopic (exact) mass is 255 g/mol. The summed E-state index contributed by atoms with van der Waals surface area (Å²) in [6.07, 6.45) is 12.7. The maximum atomic E-state index is 3.67. The molecule has 0 aromatic rings. The molecule has 0 heterocycles. The summed E-state index contributed by atoms with van der Waals surface area (Å²) in [4.78, 5) is 0. The first kappa shape index (κ1) is 18.0. The molecule has 0 saturated carbocycles. The first-order valence-electron chi connectivity index (χ1n) is 8.24. The van der Waals surface area contributed by atoms with Crippen LogP contribution in [0.15, 0.2) is 0 Å². The van der Waals surface area contributed by atoms with Gasteiger partial charge in [0.25, 0.3) is 0 Å². The number of nitrogens with one attached hydrogen (secondary N) is 1. The van der Waals surface area contributed by atoms with Crippen LogP contribution in [-0.2, 0) is 0 Å². The molecule has 0 spiro atoms. The van der Waals surface area contributed by atoms with Crippen molar-refractivity contribution in [3.05, 3.63) is 0 Å². The van der Waals surface area contributed by atoms with Gasteiger partial charge in [-0.25, -0.2) is 0 Å². The van der Waals surface area contributed by atoms with E-state index < -0.39 is 0 Å². The Morgan fingerprint density at radius 2 is 1.39 bits per heavy atom. The van der Waals surface area contributed by atoms with Crippen LogP contribution in [-0.4, -0.2) is 12.1 Å². The first-order valence-corrected chi connectivity index (χ1v) is 8.24.